The predicted molar refractivity (Wildman–Crippen MR) is 98.0 cm³/mol. The number of hydrogen-bond acceptors (Lipinski definition) is 5. The first-order valence-electron chi connectivity index (χ1n) is 9.23. The number of rotatable bonds is 2. The molecule has 1 saturated heterocycles. The number of imidazole rings is 1. The lowest BCUT2D eigenvalue weighted by Crippen LogP contribution is -2.14. The van der Waals surface area contributed by atoms with Crippen LogP contribution in [0.15, 0.2) is 28.8 Å². The summed E-state index contributed by atoms with van der Waals surface area (Å²) in [6.45, 7) is 5.90. The van der Waals surface area contributed by atoms with Crippen LogP contribution in [0.25, 0.3) is 28.0 Å². The summed E-state index contributed by atoms with van der Waals surface area (Å²) < 4.78 is 22.5. The highest BCUT2D eigenvalue weighted by atomic mass is 19.1. The fourth-order valence-electron chi connectivity index (χ4n) is 4.47. The Morgan fingerprint density at radius 3 is 2.78 bits per heavy atom. The van der Waals surface area contributed by atoms with Crippen LogP contribution < -0.4 is 5.32 Å². The zero-order valence-corrected chi connectivity index (χ0v) is 15.0. The van der Waals surface area contributed by atoms with Crippen LogP contribution in [0.3, 0.4) is 0 Å². The summed E-state index contributed by atoms with van der Waals surface area (Å²) in [5.41, 5.74) is 4.86. The molecule has 6 rings (SSSR count). The molecule has 2 fully saturated rings. The second-order valence-corrected chi connectivity index (χ2v) is 7.73. The summed E-state index contributed by atoms with van der Waals surface area (Å²) in [6, 6.07) is 5.25. The highest BCUT2D eigenvalue weighted by Crippen LogP contribution is 2.55. The quantitative estimate of drug-likeness (QED) is 0.592. The summed E-state index contributed by atoms with van der Waals surface area (Å²) in [5.74, 6) is 1.78. The standard InChI is InChI=1S/C20H18FN5O/c1-9-3-15(25-26-8-10(2)23-19(9)26)11-4-14(21)18-16(5-11)27-20(24-18)17-12-6-22-7-13(12)17/h3-5,8,12-13,17,22H,6-7H2,1-2H3/t12-,13+,17?. The van der Waals surface area contributed by atoms with Gasteiger partial charge in [0.15, 0.2) is 22.9 Å². The topological polar surface area (TPSA) is 68.2 Å². The third-order valence-electron chi connectivity index (χ3n) is 5.87. The number of oxazole rings is 1. The van der Waals surface area contributed by atoms with Gasteiger partial charge in [0.05, 0.1) is 17.6 Å². The van der Waals surface area contributed by atoms with Crippen LogP contribution in [0.5, 0.6) is 0 Å². The molecule has 7 heteroatoms. The van der Waals surface area contributed by atoms with Crippen molar-refractivity contribution < 1.29 is 8.81 Å². The average molecular weight is 363 g/mol. The number of fused-ring (bicyclic) bond motifs is 3. The molecule has 0 amide bonds. The Balaban J connectivity index is 1.46. The lowest BCUT2D eigenvalue weighted by Gasteiger charge is -2.04. The van der Waals surface area contributed by atoms with Gasteiger partial charge < -0.3 is 9.73 Å². The SMILES string of the molecule is Cc1cn2nc(-c3cc(F)c4nc(C5[C@H]6CNC[C@@H]56)oc4c3)cc(C)c2n1. The van der Waals surface area contributed by atoms with Crippen molar-refractivity contribution in [3.05, 3.63) is 47.4 Å². The maximum absolute atomic E-state index is 14.8. The van der Waals surface area contributed by atoms with Crippen LogP contribution in [0.2, 0.25) is 0 Å². The number of hydrogen-bond donors (Lipinski definition) is 1. The molecular formula is C20H18FN5O. The first kappa shape index (κ1) is 15.3. The number of nitrogens with zero attached hydrogens (tertiary/aromatic N) is 4. The number of aryl methyl sites for hydroxylation is 2. The Morgan fingerprint density at radius 2 is 1.96 bits per heavy atom. The van der Waals surface area contributed by atoms with E-state index in [1.165, 1.54) is 6.07 Å². The molecule has 0 radical (unpaired) electrons. The fraction of sp³-hybridized carbons (Fsp3) is 0.350. The zero-order valence-electron chi connectivity index (χ0n) is 15.0. The van der Waals surface area contributed by atoms with E-state index in [0.29, 0.717) is 46.0 Å². The van der Waals surface area contributed by atoms with E-state index in [-0.39, 0.29) is 5.82 Å². The lowest BCUT2D eigenvalue weighted by atomic mass is 10.1. The van der Waals surface area contributed by atoms with Gasteiger partial charge in [-0.15, -0.1) is 0 Å². The minimum Gasteiger partial charge on any atom is -0.440 e. The number of benzene rings is 1. The van der Waals surface area contributed by atoms with Gasteiger partial charge >= 0.3 is 0 Å². The Morgan fingerprint density at radius 1 is 1.15 bits per heavy atom. The van der Waals surface area contributed by atoms with Crippen molar-refractivity contribution in [3.63, 3.8) is 0 Å². The number of halogens is 1. The molecule has 4 aromatic rings. The molecule has 1 unspecified atom stereocenters. The Hall–Kier alpha value is -2.80. The summed E-state index contributed by atoms with van der Waals surface area (Å²) in [7, 11) is 0. The minimum absolute atomic E-state index is 0.308. The number of nitrogens with one attached hydrogen (secondary N) is 1. The molecule has 2 aliphatic rings. The van der Waals surface area contributed by atoms with Gasteiger partial charge in [0, 0.05) is 11.5 Å². The molecular weight excluding hydrogens is 345 g/mol. The number of piperidine rings is 1. The molecule has 1 N–H and O–H groups in total. The monoisotopic (exact) mass is 363 g/mol. The molecule has 1 aliphatic heterocycles. The molecule has 6 nitrogen and oxygen atoms in total. The molecule has 136 valence electrons. The van der Waals surface area contributed by atoms with E-state index in [9.17, 15) is 4.39 Å². The van der Waals surface area contributed by atoms with E-state index in [4.69, 9.17) is 4.42 Å². The summed E-state index contributed by atoms with van der Waals surface area (Å²) >= 11 is 0. The second kappa shape index (κ2) is 5.13. The van der Waals surface area contributed by atoms with Crippen molar-refractivity contribution in [2.75, 3.05) is 13.1 Å². The van der Waals surface area contributed by atoms with Crippen LogP contribution in [0.4, 0.5) is 4.39 Å². The van der Waals surface area contributed by atoms with Gasteiger partial charge in [-0.1, -0.05) is 0 Å². The molecule has 27 heavy (non-hydrogen) atoms. The Kier molecular flexibility index (Phi) is 2.90. The van der Waals surface area contributed by atoms with Crippen LogP contribution in [0.1, 0.15) is 23.1 Å². The van der Waals surface area contributed by atoms with Crippen molar-refractivity contribution in [2.24, 2.45) is 11.8 Å². The fourth-order valence-corrected chi connectivity index (χ4v) is 4.47. The summed E-state index contributed by atoms with van der Waals surface area (Å²) in [4.78, 5) is 8.92. The van der Waals surface area contributed by atoms with Crippen molar-refractivity contribution in [2.45, 2.75) is 19.8 Å². The van der Waals surface area contributed by atoms with E-state index < -0.39 is 0 Å². The summed E-state index contributed by atoms with van der Waals surface area (Å²) in [5, 5.41) is 7.95. The molecule has 1 aliphatic carbocycles. The Bertz CT molecular complexity index is 1220. The molecule has 0 spiro atoms. The first-order chi connectivity index (χ1) is 13.1. The first-order valence-corrected chi connectivity index (χ1v) is 9.23. The van der Waals surface area contributed by atoms with Crippen LogP contribution in [-0.2, 0) is 0 Å². The Labute approximate surface area is 154 Å². The number of aromatic nitrogens is 4. The average Bonchev–Trinajstić information content (AvgIpc) is 3.07. The van der Waals surface area contributed by atoms with Crippen molar-refractivity contribution >= 4 is 16.7 Å². The maximum Gasteiger partial charge on any atom is 0.199 e. The summed E-state index contributed by atoms with van der Waals surface area (Å²) in [6.07, 6.45) is 1.87. The normalized spacial score (nSPS) is 24.0. The minimum atomic E-state index is -0.372. The van der Waals surface area contributed by atoms with Gasteiger partial charge in [-0.25, -0.2) is 18.9 Å². The van der Waals surface area contributed by atoms with E-state index in [0.717, 1.165) is 30.0 Å². The highest BCUT2D eigenvalue weighted by molar-refractivity contribution is 5.80. The van der Waals surface area contributed by atoms with E-state index in [1.807, 2.05) is 32.2 Å². The van der Waals surface area contributed by atoms with Crippen molar-refractivity contribution in [3.8, 4) is 11.3 Å². The zero-order chi connectivity index (χ0) is 18.3. The highest BCUT2D eigenvalue weighted by Gasteiger charge is 2.56. The van der Waals surface area contributed by atoms with E-state index in [2.05, 4.69) is 20.4 Å². The molecule has 1 aromatic carbocycles. The smallest absolute Gasteiger partial charge is 0.199 e. The molecule has 0 bridgehead atoms. The van der Waals surface area contributed by atoms with Crippen LogP contribution >= 0.6 is 0 Å². The van der Waals surface area contributed by atoms with Gasteiger partial charge in [0.25, 0.3) is 0 Å². The van der Waals surface area contributed by atoms with Crippen LogP contribution in [0, 0.1) is 31.5 Å². The molecule has 4 heterocycles. The molecule has 1 saturated carbocycles. The third kappa shape index (κ3) is 2.18. The van der Waals surface area contributed by atoms with Gasteiger partial charge in [0.1, 0.15) is 5.52 Å². The third-order valence-corrected chi connectivity index (χ3v) is 5.87. The van der Waals surface area contributed by atoms with Crippen LogP contribution in [-0.4, -0.2) is 32.7 Å². The largest absolute Gasteiger partial charge is 0.440 e. The van der Waals surface area contributed by atoms with Gasteiger partial charge in [-0.2, -0.15) is 5.10 Å². The molecule has 3 atom stereocenters. The lowest BCUT2D eigenvalue weighted by molar-refractivity contribution is 0.500. The molecule has 3 aromatic heterocycles. The van der Waals surface area contributed by atoms with E-state index >= 15 is 0 Å². The van der Waals surface area contributed by atoms with Gasteiger partial charge in [-0.3, -0.25) is 0 Å². The second-order valence-electron chi connectivity index (χ2n) is 7.73. The van der Waals surface area contributed by atoms with Gasteiger partial charge in [-0.05, 0) is 62.5 Å². The van der Waals surface area contributed by atoms with E-state index in [1.54, 1.807) is 4.52 Å². The maximum atomic E-state index is 14.8. The van der Waals surface area contributed by atoms with Crippen molar-refractivity contribution in [1.29, 1.82) is 0 Å². The van der Waals surface area contributed by atoms with Gasteiger partial charge in [0.2, 0.25) is 0 Å². The van der Waals surface area contributed by atoms with Crippen molar-refractivity contribution in [1.82, 2.24) is 24.9 Å². The predicted octanol–water partition coefficient (Wildman–Crippen LogP) is 3.23.